The van der Waals surface area contributed by atoms with E-state index in [1.807, 2.05) is 0 Å². The third kappa shape index (κ3) is 13.3. The number of aliphatic hydroxyl groups is 5. The van der Waals surface area contributed by atoms with E-state index < -0.39 is 43.4 Å². The van der Waals surface area contributed by atoms with Crippen molar-refractivity contribution in [1.82, 2.24) is 0 Å². The molecule has 6 atom stereocenters. The van der Waals surface area contributed by atoms with E-state index in [0.29, 0.717) is 6.42 Å². The van der Waals surface area contributed by atoms with Crippen LogP contribution < -0.4 is 0 Å². The average molecular weight is 493 g/mol. The van der Waals surface area contributed by atoms with Crippen molar-refractivity contribution in [2.75, 3.05) is 19.8 Å². The zero-order valence-corrected chi connectivity index (χ0v) is 20.9. The van der Waals surface area contributed by atoms with Crippen LogP contribution in [-0.4, -0.2) is 88.1 Å². The fraction of sp³-hybridized carbons (Fsp3) is 0.960. The number of carbonyl (C=O) groups excluding carboxylic acids is 1. The topological polar surface area (TPSA) is 146 Å². The highest BCUT2D eigenvalue weighted by atomic mass is 16.7. The van der Waals surface area contributed by atoms with Gasteiger partial charge in [-0.1, -0.05) is 84.0 Å². The summed E-state index contributed by atoms with van der Waals surface area (Å²) in [5.41, 5.74) is 0. The van der Waals surface area contributed by atoms with Crippen LogP contribution in [0.5, 0.6) is 0 Å². The minimum Gasteiger partial charge on any atom is -0.463 e. The Morgan fingerprint density at radius 2 is 1.32 bits per heavy atom. The molecule has 34 heavy (non-hydrogen) atoms. The summed E-state index contributed by atoms with van der Waals surface area (Å²) >= 11 is 0. The summed E-state index contributed by atoms with van der Waals surface area (Å²) in [5.74, 6) is -0.380. The van der Waals surface area contributed by atoms with Crippen molar-refractivity contribution in [2.24, 2.45) is 0 Å². The Hall–Kier alpha value is -0.810. The van der Waals surface area contributed by atoms with Gasteiger partial charge in [0.05, 0.1) is 13.2 Å². The molecule has 9 nitrogen and oxygen atoms in total. The molecule has 0 unspecified atom stereocenters. The van der Waals surface area contributed by atoms with Crippen LogP contribution >= 0.6 is 0 Å². The minimum atomic E-state index is -1.55. The lowest BCUT2D eigenvalue weighted by Gasteiger charge is -2.39. The van der Waals surface area contributed by atoms with Crippen molar-refractivity contribution in [3.05, 3.63) is 0 Å². The molecule has 1 heterocycles. The molecule has 9 heteroatoms. The van der Waals surface area contributed by atoms with Crippen molar-refractivity contribution in [2.45, 2.75) is 134 Å². The molecule has 5 N–H and O–H groups in total. The summed E-state index contributed by atoms with van der Waals surface area (Å²) < 4.78 is 15.5. The summed E-state index contributed by atoms with van der Waals surface area (Å²) in [6.45, 7) is 1.11. The van der Waals surface area contributed by atoms with Crippen molar-refractivity contribution < 1.29 is 44.5 Å². The van der Waals surface area contributed by atoms with E-state index in [2.05, 4.69) is 6.92 Å². The second-order valence-electron chi connectivity index (χ2n) is 9.36. The first kappa shape index (κ1) is 31.2. The molecule has 202 valence electrons. The fourth-order valence-electron chi connectivity index (χ4n) is 4.01. The number of esters is 1. The number of rotatable bonds is 20. The van der Waals surface area contributed by atoms with Gasteiger partial charge in [0.1, 0.15) is 37.1 Å². The first-order valence-electron chi connectivity index (χ1n) is 13.2. The number of ether oxygens (including phenoxy) is 3. The normalized spacial score (nSPS) is 25.9. The minimum absolute atomic E-state index is 0.255. The van der Waals surface area contributed by atoms with E-state index >= 15 is 0 Å². The van der Waals surface area contributed by atoms with Crippen LogP contribution in [0.25, 0.3) is 0 Å². The predicted molar refractivity (Wildman–Crippen MR) is 127 cm³/mol. The maximum absolute atomic E-state index is 11.8. The quantitative estimate of drug-likeness (QED) is 0.127. The van der Waals surface area contributed by atoms with Crippen molar-refractivity contribution in [3.63, 3.8) is 0 Å². The van der Waals surface area contributed by atoms with Gasteiger partial charge >= 0.3 is 5.97 Å². The van der Waals surface area contributed by atoms with Gasteiger partial charge < -0.3 is 39.7 Å². The molecule has 1 aliphatic heterocycles. The van der Waals surface area contributed by atoms with Crippen molar-refractivity contribution >= 4 is 5.97 Å². The number of unbranched alkanes of at least 4 members (excludes halogenated alkanes) is 12. The summed E-state index contributed by atoms with van der Waals surface area (Å²) in [6.07, 6.45) is 8.18. The van der Waals surface area contributed by atoms with Gasteiger partial charge in [-0.05, 0) is 6.42 Å². The third-order valence-electron chi connectivity index (χ3n) is 6.22. The molecule has 1 aliphatic rings. The van der Waals surface area contributed by atoms with E-state index in [4.69, 9.17) is 19.3 Å². The molecule has 1 saturated heterocycles. The molecule has 0 aromatic carbocycles. The lowest BCUT2D eigenvalue weighted by molar-refractivity contribution is -0.305. The molecule has 0 saturated carbocycles. The lowest BCUT2D eigenvalue weighted by atomic mass is 9.99. The highest BCUT2D eigenvalue weighted by Gasteiger charge is 2.44. The summed E-state index contributed by atoms with van der Waals surface area (Å²) in [5, 5.41) is 48.4. The summed E-state index contributed by atoms with van der Waals surface area (Å²) in [6, 6.07) is 0. The Kier molecular flexibility index (Phi) is 17.8. The number of hydrogen-bond donors (Lipinski definition) is 5. The maximum Gasteiger partial charge on any atom is 0.305 e. The highest BCUT2D eigenvalue weighted by molar-refractivity contribution is 5.69. The standard InChI is InChI=1S/C25H48O9/c1-2-3-4-5-6-7-8-9-10-11-12-13-14-15-21(28)32-17-19(27)18-33-25-24(31)23(30)22(29)20(16-26)34-25/h19-20,22-27,29-31H,2-18H2,1H3/t19-,20-,22+,23+,24+,25+/m1/s1. The first-order valence-corrected chi connectivity index (χ1v) is 13.2. The van der Waals surface area contributed by atoms with Gasteiger partial charge in [0.25, 0.3) is 0 Å². The van der Waals surface area contributed by atoms with Gasteiger partial charge in [-0.2, -0.15) is 0 Å². The first-order chi connectivity index (χ1) is 16.4. The van der Waals surface area contributed by atoms with Gasteiger partial charge in [0.2, 0.25) is 0 Å². The molecule has 1 rings (SSSR count). The van der Waals surface area contributed by atoms with E-state index in [1.165, 1.54) is 64.2 Å². The largest absolute Gasteiger partial charge is 0.463 e. The van der Waals surface area contributed by atoms with Crippen LogP contribution in [0.15, 0.2) is 0 Å². The molecule has 0 radical (unpaired) electrons. The van der Waals surface area contributed by atoms with E-state index in [1.54, 1.807) is 0 Å². The van der Waals surface area contributed by atoms with Crippen LogP contribution in [0.4, 0.5) is 0 Å². The molecular weight excluding hydrogens is 444 g/mol. The zero-order chi connectivity index (χ0) is 25.2. The van der Waals surface area contributed by atoms with E-state index in [9.17, 15) is 25.2 Å². The molecular formula is C25H48O9. The van der Waals surface area contributed by atoms with Crippen LogP contribution in [0.2, 0.25) is 0 Å². The van der Waals surface area contributed by atoms with Gasteiger partial charge in [-0.25, -0.2) is 0 Å². The van der Waals surface area contributed by atoms with E-state index in [0.717, 1.165) is 19.3 Å². The van der Waals surface area contributed by atoms with Crippen molar-refractivity contribution in [3.8, 4) is 0 Å². The Balaban J connectivity index is 1.99. The molecule has 0 aromatic rings. The van der Waals surface area contributed by atoms with Crippen LogP contribution in [0, 0.1) is 0 Å². The summed E-state index contributed by atoms with van der Waals surface area (Å²) in [4.78, 5) is 11.8. The van der Waals surface area contributed by atoms with Gasteiger partial charge in [-0.3, -0.25) is 4.79 Å². The Morgan fingerprint density at radius 3 is 1.85 bits per heavy atom. The second kappa shape index (κ2) is 19.4. The van der Waals surface area contributed by atoms with Gasteiger partial charge in [-0.15, -0.1) is 0 Å². The highest BCUT2D eigenvalue weighted by Crippen LogP contribution is 2.22. The fourth-order valence-corrected chi connectivity index (χ4v) is 4.01. The number of aliphatic hydroxyl groups excluding tert-OH is 5. The molecule has 0 aliphatic carbocycles. The Morgan fingerprint density at radius 1 is 0.794 bits per heavy atom. The van der Waals surface area contributed by atoms with Crippen molar-refractivity contribution in [1.29, 1.82) is 0 Å². The maximum atomic E-state index is 11.8. The lowest BCUT2D eigenvalue weighted by Crippen LogP contribution is -2.59. The monoisotopic (exact) mass is 492 g/mol. The third-order valence-corrected chi connectivity index (χ3v) is 6.22. The molecule has 1 fully saturated rings. The molecule has 0 aromatic heterocycles. The van der Waals surface area contributed by atoms with Crippen LogP contribution in [0.3, 0.4) is 0 Å². The van der Waals surface area contributed by atoms with Gasteiger partial charge in [0.15, 0.2) is 6.29 Å². The van der Waals surface area contributed by atoms with Gasteiger partial charge in [0, 0.05) is 6.42 Å². The number of carbonyl (C=O) groups is 1. The zero-order valence-electron chi connectivity index (χ0n) is 20.9. The second-order valence-corrected chi connectivity index (χ2v) is 9.36. The predicted octanol–water partition coefficient (Wildman–Crippen LogP) is 2.19. The average Bonchev–Trinajstić information content (AvgIpc) is 2.83. The number of hydrogen-bond acceptors (Lipinski definition) is 9. The molecule has 0 amide bonds. The Labute approximate surface area is 204 Å². The SMILES string of the molecule is CCCCCCCCCCCCCCCC(=O)OC[C@@H](O)CO[C@H]1O[C@H](CO)[C@H](O)[C@H](O)[C@@H]1O. The molecule has 0 bridgehead atoms. The van der Waals surface area contributed by atoms with Crippen LogP contribution in [-0.2, 0) is 19.0 Å². The van der Waals surface area contributed by atoms with E-state index in [-0.39, 0.29) is 19.2 Å². The van der Waals surface area contributed by atoms with Crippen LogP contribution in [0.1, 0.15) is 96.8 Å². The summed E-state index contributed by atoms with van der Waals surface area (Å²) in [7, 11) is 0. The Bertz CT molecular complexity index is 503. The smallest absolute Gasteiger partial charge is 0.305 e. The molecule has 0 spiro atoms.